The molecule has 0 aliphatic heterocycles. The molecule has 1 N–H and O–H groups in total. The summed E-state index contributed by atoms with van der Waals surface area (Å²) < 4.78 is 5.39. The summed E-state index contributed by atoms with van der Waals surface area (Å²) in [7, 11) is 1.55. The number of carbonyl (C=O) groups is 1. The first-order valence-electron chi connectivity index (χ1n) is 10.9. The van der Waals surface area contributed by atoms with Crippen LogP contribution in [0.1, 0.15) is 75.5 Å². The summed E-state index contributed by atoms with van der Waals surface area (Å²) in [6.07, 6.45) is 6.11. The number of hydrogen-bond acceptors (Lipinski definition) is 3. The number of rotatable bonds is 7. The Hall–Kier alpha value is -0.770. The summed E-state index contributed by atoms with van der Waals surface area (Å²) in [5, 5.41) is 3.39. The van der Waals surface area contributed by atoms with Crippen molar-refractivity contribution in [2.24, 2.45) is 11.3 Å². The molecule has 29 heavy (non-hydrogen) atoms. The van der Waals surface area contributed by atoms with E-state index in [1.165, 1.54) is 16.7 Å². The number of alkyl halides is 1. The number of benzene rings is 1. The normalized spacial score (nSPS) is 28.3. The Morgan fingerprint density at radius 3 is 2.72 bits per heavy atom. The van der Waals surface area contributed by atoms with Crippen LogP contribution in [0.2, 0.25) is 0 Å². The number of carbonyl (C=O) groups excluding carboxylic acids is 1. The van der Waals surface area contributed by atoms with Gasteiger partial charge in [0.2, 0.25) is 0 Å². The van der Waals surface area contributed by atoms with Crippen molar-refractivity contribution in [1.82, 2.24) is 5.32 Å². The van der Waals surface area contributed by atoms with E-state index in [9.17, 15) is 4.79 Å². The maximum Gasteiger partial charge on any atom is 0.312 e. The van der Waals surface area contributed by atoms with E-state index in [0.717, 1.165) is 51.6 Å². The smallest absolute Gasteiger partial charge is 0.312 e. The Morgan fingerprint density at radius 1 is 1.31 bits per heavy atom. The van der Waals surface area contributed by atoms with Gasteiger partial charge in [0.1, 0.15) is 0 Å². The first-order chi connectivity index (χ1) is 13.4. The second-order valence-electron chi connectivity index (χ2n) is 9.27. The van der Waals surface area contributed by atoms with Crippen LogP contribution in [0.4, 0.5) is 0 Å². The minimum absolute atomic E-state index is 0. The average molecular weight is 442 g/mol. The fourth-order valence-electron chi connectivity index (χ4n) is 6.04. The number of ether oxygens (including phenoxy) is 1. The van der Waals surface area contributed by atoms with Gasteiger partial charge in [-0.2, -0.15) is 0 Å². The molecule has 0 radical (unpaired) electrons. The predicted molar refractivity (Wildman–Crippen MR) is 123 cm³/mol. The quantitative estimate of drug-likeness (QED) is 0.339. The summed E-state index contributed by atoms with van der Waals surface area (Å²) >= 11 is 5.82. The van der Waals surface area contributed by atoms with E-state index >= 15 is 0 Å². The van der Waals surface area contributed by atoms with E-state index in [1.54, 1.807) is 7.11 Å². The first-order valence-corrected chi connectivity index (χ1v) is 11.4. The van der Waals surface area contributed by atoms with Gasteiger partial charge in [0.15, 0.2) is 0 Å². The molecule has 1 aromatic carbocycles. The molecule has 0 saturated heterocycles. The Balaban J connectivity index is 0.00000300. The molecule has 2 aliphatic carbocycles. The molecule has 0 aromatic heterocycles. The van der Waals surface area contributed by atoms with Gasteiger partial charge in [-0.1, -0.05) is 45.4 Å². The molecule has 3 rings (SSSR count). The molecule has 0 amide bonds. The lowest BCUT2D eigenvalue weighted by Gasteiger charge is -2.55. The van der Waals surface area contributed by atoms with Gasteiger partial charge in [0.05, 0.1) is 12.5 Å². The van der Waals surface area contributed by atoms with E-state index < -0.39 is 5.41 Å². The van der Waals surface area contributed by atoms with E-state index in [-0.39, 0.29) is 23.8 Å². The van der Waals surface area contributed by atoms with E-state index in [2.05, 4.69) is 44.3 Å². The molecule has 5 heteroatoms. The van der Waals surface area contributed by atoms with Crippen molar-refractivity contribution >= 4 is 30.0 Å². The number of halogens is 2. The summed E-state index contributed by atoms with van der Waals surface area (Å²) in [6, 6.07) is 7.07. The number of esters is 1. The zero-order valence-corrected chi connectivity index (χ0v) is 19.9. The van der Waals surface area contributed by atoms with Crippen LogP contribution in [0.5, 0.6) is 0 Å². The number of methoxy groups -OCH3 is 1. The van der Waals surface area contributed by atoms with E-state index in [4.69, 9.17) is 16.3 Å². The lowest BCUT2D eigenvalue weighted by atomic mass is 9.48. The lowest BCUT2D eigenvalue weighted by molar-refractivity contribution is -0.164. The van der Waals surface area contributed by atoms with Gasteiger partial charge >= 0.3 is 5.97 Å². The van der Waals surface area contributed by atoms with Crippen molar-refractivity contribution in [3.05, 3.63) is 34.9 Å². The Kier molecular flexibility index (Phi) is 8.47. The van der Waals surface area contributed by atoms with Gasteiger partial charge in [0.25, 0.3) is 0 Å². The monoisotopic (exact) mass is 441 g/mol. The molecule has 0 bridgehead atoms. The Morgan fingerprint density at radius 2 is 2.07 bits per heavy atom. The molecule has 3 nitrogen and oxygen atoms in total. The fourth-order valence-corrected chi connectivity index (χ4v) is 6.17. The standard InChI is InChI=1S/C24H36ClNO2.ClH/c1-17(2)18-6-8-20-19(16-18)7-9-21-23(20,3)10-5-11-24(21,22(27)28-4)12-14-26-15-13-25;/h6,8,16-17,21,26H,5,7,9-15H2,1-4H3;1H/t21-,23-,24+;/m0./s1. The summed E-state index contributed by atoms with van der Waals surface area (Å²) in [5.41, 5.74) is 4.03. The van der Waals surface area contributed by atoms with Crippen LogP contribution in [0.3, 0.4) is 0 Å². The van der Waals surface area contributed by atoms with E-state index in [0.29, 0.717) is 17.7 Å². The highest BCUT2D eigenvalue weighted by atomic mass is 35.5. The van der Waals surface area contributed by atoms with Crippen molar-refractivity contribution in [2.45, 2.75) is 70.6 Å². The van der Waals surface area contributed by atoms with Crippen LogP contribution in [0.15, 0.2) is 18.2 Å². The molecular formula is C24H37Cl2NO2. The third-order valence-electron chi connectivity index (χ3n) is 7.48. The van der Waals surface area contributed by atoms with Crippen LogP contribution in [-0.4, -0.2) is 32.0 Å². The molecule has 1 fully saturated rings. The Bertz CT molecular complexity index is 708. The van der Waals surface area contributed by atoms with Gasteiger partial charge in [-0.05, 0) is 72.6 Å². The summed E-state index contributed by atoms with van der Waals surface area (Å²) in [4.78, 5) is 13.1. The highest BCUT2D eigenvalue weighted by molar-refractivity contribution is 6.18. The minimum atomic E-state index is -0.393. The third-order valence-corrected chi connectivity index (χ3v) is 7.67. The molecule has 0 spiro atoms. The van der Waals surface area contributed by atoms with Gasteiger partial charge < -0.3 is 10.1 Å². The topological polar surface area (TPSA) is 38.3 Å². The zero-order valence-electron chi connectivity index (χ0n) is 18.4. The minimum Gasteiger partial charge on any atom is -0.469 e. The van der Waals surface area contributed by atoms with Crippen molar-refractivity contribution in [2.75, 3.05) is 26.1 Å². The number of nitrogens with one attached hydrogen (secondary N) is 1. The molecule has 164 valence electrons. The zero-order chi connectivity index (χ0) is 20.4. The molecule has 1 aromatic rings. The van der Waals surface area contributed by atoms with Crippen molar-refractivity contribution in [3.63, 3.8) is 0 Å². The molecule has 3 atom stereocenters. The Labute approximate surface area is 187 Å². The lowest BCUT2D eigenvalue weighted by Crippen LogP contribution is -2.55. The fraction of sp³-hybridized carbons (Fsp3) is 0.708. The SMILES string of the molecule is COC(=O)[C@@]1(CCNCCCl)CCC[C@@]2(C)c3ccc(C(C)C)cc3CC[C@H]12.Cl. The first kappa shape index (κ1) is 24.5. The second kappa shape index (κ2) is 10.0. The molecule has 2 aliphatic rings. The number of aryl methyl sites for hydroxylation is 1. The van der Waals surface area contributed by atoms with Gasteiger partial charge in [-0.25, -0.2) is 0 Å². The molecular weight excluding hydrogens is 405 g/mol. The van der Waals surface area contributed by atoms with Crippen LogP contribution in [0.25, 0.3) is 0 Å². The van der Waals surface area contributed by atoms with E-state index in [1.807, 2.05) is 0 Å². The second-order valence-corrected chi connectivity index (χ2v) is 9.65. The van der Waals surface area contributed by atoms with Crippen LogP contribution in [-0.2, 0) is 21.4 Å². The molecule has 0 heterocycles. The highest BCUT2D eigenvalue weighted by Crippen LogP contribution is 2.59. The number of fused-ring (bicyclic) bond motifs is 3. The molecule has 1 saturated carbocycles. The maximum absolute atomic E-state index is 13.1. The number of hydrogen-bond donors (Lipinski definition) is 1. The summed E-state index contributed by atoms with van der Waals surface area (Å²) in [5.74, 6) is 1.46. The average Bonchev–Trinajstić information content (AvgIpc) is 2.69. The highest BCUT2D eigenvalue weighted by Gasteiger charge is 2.57. The van der Waals surface area contributed by atoms with Crippen molar-refractivity contribution < 1.29 is 9.53 Å². The van der Waals surface area contributed by atoms with Crippen LogP contribution in [0, 0.1) is 11.3 Å². The van der Waals surface area contributed by atoms with Crippen LogP contribution >= 0.6 is 24.0 Å². The predicted octanol–water partition coefficient (Wildman–Crippen LogP) is 5.61. The maximum atomic E-state index is 13.1. The van der Waals surface area contributed by atoms with Gasteiger partial charge in [0, 0.05) is 12.4 Å². The third kappa shape index (κ3) is 4.48. The van der Waals surface area contributed by atoms with Crippen molar-refractivity contribution in [1.29, 1.82) is 0 Å². The molecule has 0 unspecified atom stereocenters. The van der Waals surface area contributed by atoms with Crippen molar-refractivity contribution in [3.8, 4) is 0 Å². The summed E-state index contributed by atoms with van der Waals surface area (Å²) in [6.45, 7) is 8.50. The van der Waals surface area contributed by atoms with Crippen LogP contribution < -0.4 is 5.32 Å². The largest absolute Gasteiger partial charge is 0.469 e. The van der Waals surface area contributed by atoms with Gasteiger partial charge in [-0.3, -0.25) is 4.79 Å². The van der Waals surface area contributed by atoms with Gasteiger partial charge in [-0.15, -0.1) is 24.0 Å².